The first-order valence-electron chi connectivity index (χ1n) is 9.90. The molecule has 0 amide bonds. The van der Waals surface area contributed by atoms with E-state index in [1.54, 1.807) is 24.8 Å². The van der Waals surface area contributed by atoms with Gasteiger partial charge in [-0.15, -0.1) is 0 Å². The molecule has 2 aliphatic rings. The second-order valence-corrected chi connectivity index (χ2v) is 7.77. The number of carbonyl (C=O) groups excluding carboxylic acids is 1. The van der Waals surface area contributed by atoms with Crippen LogP contribution in [0.1, 0.15) is 19.3 Å². The molecule has 2 aliphatic heterocycles. The molecule has 0 bridgehead atoms. The molecule has 148 valence electrons. The number of carbonyl (C=O) groups is 1. The minimum Gasteiger partial charge on any atom is -0.426 e. The zero-order chi connectivity index (χ0) is 19.7. The number of anilines is 1. The Bertz CT molecular complexity index is 1030. The number of piperidine rings is 1. The third kappa shape index (κ3) is 3.29. The molecule has 0 aliphatic carbocycles. The molecular formula is C21H22N6O2. The van der Waals surface area contributed by atoms with Crippen LogP contribution in [0.2, 0.25) is 0 Å². The molecule has 29 heavy (non-hydrogen) atoms. The van der Waals surface area contributed by atoms with Gasteiger partial charge in [-0.05, 0) is 43.4 Å². The Morgan fingerprint density at radius 2 is 1.90 bits per heavy atom. The van der Waals surface area contributed by atoms with Gasteiger partial charge in [0.2, 0.25) is 0 Å². The van der Waals surface area contributed by atoms with Crippen molar-refractivity contribution in [1.82, 2.24) is 25.3 Å². The molecule has 0 atom stereocenters. The Kier molecular flexibility index (Phi) is 4.55. The van der Waals surface area contributed by atoms with Crippen molar-refractivity contribution in [3.8, 4) is 17.1 Å². The van der Waals surface area contributed by atoms with Crippen LogP contribution in [0.25, 0.3) is 22.3 Å². The van der Waals surface area contributed by atoms with Gasteiger partial charge in [0.1, 0.15) is 5.82 Å². The van der Waals surface area contributed by atoms with Crippen LogP contribution in [-0.4, -0.2) is 52.6 Å². The van der Waals surface area contributed by atoms with E-state index in [4.69, 9.17) is 9.72 Å². The average Bonchev–Trinajstić information content (AvgIpc) is 3.22. The van der Waals surface area contributed by atoms with E-state index < -0.39 is 0 Å². The average molecular weight is 390 g/mol. The van der Waals surface area contributed by atoms with Gasteiger partial charge >= 0.3 is 0 Å². The van der Waals surface area contributed by atoms with E-state index in [1.165, 1.54) is 6.42 Å². The van der Waals surface area contributed by atoms with Crippen molar-refractivity contribution in [3.63, 3.8) is 0 Å². The lowest BCUT2D eigenvalue weighted by Crippen LogP contribution is -2.41. The summed E-state index contributed by atoms with van der Waals surface area (Å²) in [5, 5.41) is 4.23. The van der Waals surface area contributed by atoms with E-state index in [2.05, 4.69) is 25.2 Å². The maximum Gasteiger partial charge on any atom is 0.298 e. The monoisotopic (exact) mass is 390 g/mol. The third-order valence-corrected chi connectivity index (χ3v) is 6.12. The summed E-state index contributed by atoms with van der Waals surface area (Å²) in [6, 6.07) is 3.78. The quantitative estimate of drug-likeness (QED) is 0.678. The summed E-state index contributed by atoms with van der Waals surface area (Å²) >= 11 is 0. The smallest absolute Gasteiger partial charge is 0.298 e. The van der Waals surface area contributed by atoms with Gasteiger partial charge in [0.25, 0.3) is 6.47 Å². The van der Waals surface area contributed by atoms with Crippen molar-refractivity contribution >= 4 is 23.2 Å². The van der Waals surface area contributed by atoms with Gasteiger partial charge in [0.15, 0.2) is 11.6 Å². The number of fused-ring (bicyclic) bond motifs is 1. The van der Waals surface area contributed by atoms with Crippen LogP contribution in [0, 0.1) is 5.41 Å². The summed E-state index contributed by atoms with van der Waals surface area (Å²) in [7, 11) is 0. The molecule has 0 saturated carbocycles. The highest BCUT2D eigenvalue weighted by molar-refractivity contribution is 5.96. The van der Waals surface area contributed by atoms with E-state index in [0.717, 1.165) is 55.8 Å². The number of hydrogen-bond donors (Lipinski definition) is 1. The molecular weight excluding hydrogens is 368 g/mol. The molecule has 2 fully saturated rings. The number of aromatic nitrogens is 4. The Morgan fingerprint density at radius 1 is 1.07 bits per heavy atom. The Hall–Kier alpha value is -3.13. The number of nitrogens with zero attached hydrogens (tertiary/aromatic N) is 5. The van der Waals surface area contributed by atoms with Gasteiger partial charge in [-0.3, -0.25) is 14.8 Å². The molecule has 3 aromatic heterocycles. The van der Waals surface area contributed by atoms with Crippen molar-refractivity contribution in [2.45, 2.75) is 19.3 Å². The largest absolute Gasteiger partial charge is 0.426 e. The van der Waals surface area contributed by atoms with Gasteiger partial charge < -0.3 is 15.0 Å². The summed E-state index contributed by atoms with van der Waals surface area (Å²) < 4.78 is 5.22. The standard InChI is InChI=1S/C21H22N6O2/c28-14-29-17-12-24-11-16-18(17)20(26-19(25-16)15-1-6-22-7-2-15)27-9-4-21(5-10-27)3-8-23-13-21/h1-2,6-7,11-12,14,23H,3-5,8-10,13H2. The van der Waals surface area contributed by atoms with E-state index in [0.29, 0.717) is 29.0 Å². The highest BCUT2D eigenvalue weighted by Crippen LogP contribution is 2.40. The molecule has 8 heteroatoms. The second kappa shape index (κ2) is 7.36. The third-order valence-electron chi connectivity index (χ3n) is 6.12. The van der Waals surface area contributed by atoms with Crippen LogP contribution in [0.5, 0.6) is 5.75 Å². The highest BCUT2D eigenvalue weighted by atomic mass is 16.5. The summed E-state index contributed by atoms with van der Waals surface area (Å²) in [4.78, 5) is 31.2. The predicted octanol–water partition coefficient (Wildman–Crippen LogP) is 2.20. The number of hydrogen-bond acceptors (Lipinski definition) is 8. The summed E-state index contributed by atoms with van der Waals surface area (Å²) in [6.45, 7) is 4.44. The van der Waals surface area contributed by atoms with Crippen LogP contribution in [0.4, 0.5) is 5.82 Å². The lowest BCUT2D eigenvalue weighted by molar-refractivity contribution is -0.120. The first kappa shape index (κ1) is 17.9. The van der Waals surface area contributed by atoms with Gasteiger partial charge in [-0.2, -0.15) is 0 Å². The van der Waals surface area contributed by atoms with Gasteiger partial charge in [0.05, 0.1) is 23.3 Å². The molecule has 2 saturated heterocycles. The fourth-order valence-corrected chi connectivity index (χ4v) is 4.45. The van der Waals surface area contributed by atoms with E-state index in [1.807, 2.05) is 12.1 Å². The molecule has 1 spiro atoms. The normalized spacial score (nSPS) is 18.3. The van der Waals surface area contributed by atoms with Crippen LogP contribution in [0.15, 0.2) is 36.9 Å². The zero-order valence-corrected chi connectivity index (χ0v) is 16.0. The van der Waals surface area contributed by atoms with E-state index in [9.17, 15) is 4.79 Å². The molecule has 5 rings (SSSR count). The number of rotatable bonds is 4. The molecule has 8 nitrogen and oxygen atoms in total. The van der Waals surface area contributed by atoms with Gasteiger partial charge in [0, 0.05) is 37.6 Å². The van der Waals surface area contributed by atoms with Gasteiger partial charge in [-0.1, -0.05) is 0 Å². The minimum atomic E-state index is 0.386. The first-order valence-corrected chi connectivity index (χ1v) is 9.90. The molecule has 0 radical (unpaired) electrons. The molecule has 0 unspecified atom stereocenters. The van der Waals surface area contributed by atoms with Crippen molar-refractivity contribution in [2.24, 2.45) is 5.41 Å². The van der Waals surface area contributed by atoms with E-state index in [-0.39, 0.29) is 0 Å². The van der Waals surface area contributed by atoms with Crippen LogP contribution < -0.4 is 15.0 Å². The van der Waals surface area contributed by atoms with Crippen molar-refractivity contribution in [2.75, 3.05) is 31.1 Å². The Morgan fingerprint density at radius 3 is 2.62 bits per heavy atom. The predicted molar refractivity (Wildman–Crippen MR) is 109 cm³/mol. The van der Waals surface area contributed by atoms with Crippen LogP contribution in [-0.2, 0) is 4.79 Å². The molecule has 5 heterocycles. The lowest BCUT2D eigenvalue weighted by Gasteiger charge is -2.39. The van der Waals surface area contributed by atoms with Crippen molar-refractivity contribution in [1.29, 1.82) is 0 Å². The number of ether oxygens (including phenoxy) is 1. The van der Waals surface area contributed by atoms with Crippen LogP contribution in [0.3, 0.4) is 0 Å². The summed E-state index contributed by atoms with van der Waals surface area (Å²) in [5.74, 6) is 1.79. The fourth-order valence-electron chi connectivity index (χ4n) is 4.45. The zero-order valence-electron chi connectivity index (χ0n) is 16.0. The maximum atomic E-state index is 11.0. The van der Waals surface area contributed by atoms with E-state index >= 15 is 0 Å². The van der Waals surface area contributed by atoms with Gasteiger partial charge in [-0.25, -0.2) is 9.97 Å². The maximum absolute atomic E-state index is 11.0. The first-order chi connectivity index (χ1) is 14.3. The fraction of sp³-hybridized carbons (Fsp3) is 0.381. The molecule has 1 N–H and O–H groups in total. The molecule has 0 aromatic carbocycles. The molecule has 3 aromatic rings. The van der Waals surface area contributed by atoms with Crippen molar-refractivity contribution < 1.29 is 9.53 Å². The lowest BCUT2D eigenvalue weighted by atomic mass is 9.78. The Balaban J connectivity index is 1.60. The highest BCUT2D eigenvalue weighted by Gasteiger charge is 2.37. The Labute approximate surface area is 168 Å². The van der Waals surface area contributed by atoms with Crippen LogP contribution >= 0.6 is 0 Å². The summed E-state index contributed by atoms with van der Waals surface area (Å²) in [6.07, 6.45) is 10.2. The topological polar surface area (TPSA) is 93.1 Å². The minimum absolute atomic E-state index is 0.386. The summed E-state index contributed by atoms with van der Waals surface area (Å²) in [5.41, 5.74) is 1.94. The second-order valence-electron chi connectivity index (χ2n) is 7.77. The van der Waals surface area contributed by atoms with Crippen molar-refractivity contribution in [3.05, 3.63) is 36.9 Å². The number of pyridine rings is 2. The number of nitrogens with one attached hydrogen (secondary N) is 1. The SMILES string of the molecule is O=COc1cncc2nc(-c3ccncc3)nc(N3CCC4(CCNC4)CC3)c12.